The maximum Gasteiger partial charge on any atom is 0.319 e. The van der Waals surface area contributed by atoms with E-state index < -0.39 is 0 Å². The first-order valence-corrected chi connectivity index (χ1v) is 8.75. The van der Waals surface area contributed by atoms with Crippen LogP contribution in [0.5, 0.6) is 0 Å². The molecule has 3 fully saturated rings. The van der Waals surface area contributed by atoms with Crippen molar-refractivity contribution in [3.63, 3.8) is 0 Å². The van der Waals surface area contributed by atoms with Crippen molar-refractivity contribution in [3.05, 3.63) is 0 Å². The van der Waals surface area contributed by atoms with Gasteiger partial charge in [-0.3, -0.25) is 9.69 Å². The summed E-state index contributed by atoms with van der Waals surface area (Å²) in [6.07, 6.45) is 9.71. The van der Waals surface area contributed by atoms with Gasteiger partial charge in [0.2, 0.25) is 0 Å². The predicted molar refractivity (Wildman–Crippen MR) is 83.0 cm³/mol. The molecule has 3 aliphatic rings. The molecule has 0 aromatic rings. The first-order chi connectivity index (χ1) is 10.2. The van der Waals surface area contributed by atoms with Crippen LogP contribution in [0.15, 0.2) is 0 Å². The molecule has 1 N–H and O–H groups in total. The molecule has 2 aliphatic carbocycles. The average Bonchev–Trinajstić information content (AvgIpc) is 3.20. The van der Waals surface area contributed by atoms with Gasteiger partial charge >= 0.3 is 5.97 Å². The molecule has 3 rings (SSSR count). The largest absolute Gasteiger partial charge is 0.468 e. The summed E-state index contributed by atoms with van der Waals surface area (Å²) in [5.41, 5.74) is 0. The Balaban J connectivity index is 1.49. The van der Waals surface area contributed by atoms with E-state index in [1.54, 1.807) is 0 Å². The molecule has 0 aromatic carbocycles. The summed E-state index contributed by atoms with van der Waals surface area (Å²) in [5.74, 6) is 2.54. The van der Waals surface area contributed by atoms with E-state index in [9.17, 15) is 4.79 Å². The molecule has 0 bridgehead atoms. The van der Waals surface area contributed by atoms with Crippen LogP contribution in [-0.2, 0) is 9.53 Å². The maximum atomic E-state index is 11.6. The fraction of sp³-hybridized carbons (Fsp3) is 0.941. The van der Waals surface area contributed by atoms with Crippen molar-refractivity contribution in [2.45, 2.75) is 51.0 Å². The van der Waals surface area contributed by atoms with Crippen LogP contribution in [-0.4, -0.2) is 50.2 Å². The van der Waals surface area contributed by atoms with E-state index in [0.717, 1.165) is 30.8 Å². The fourth-order valence-corrected chi connectivity index (χ4v) is 3.85. The molecule has 1 heterocycles. The van der Waals surface area contributed by atoms with Crippen molar-refractivity contribution >= 4 is 5.97 Å². The third-order valence-electron chi connectivity index (χ3n) is 5.48. The van der Waals surface area contributed by atoms with Gasteiger partial charge in [-0.2, -0.15) is 0 Å². The minimum absolute atomic E-state index is 0.0974. The predicted octanol–water partition coefficient (Wildman–Crippen LogP) is 2.04. The van der Waals surface area contributed by atoms with Crippen molar-refractivity contribution in [2.75, 3.05) is 33.3 Å². The molecule has 0 amide bonds. The standard InChI is InChI=1S/C17H30N2O2/c1-21-17(20)12-19-10-15(7-13-5-6-13)8-16(11-19)18-9-14-3-2-4-14/h13-16,18H,2-12H2,1H3. The summed E-state index contributed by atoms with van der Waals surface area (Å²) in [6.45, 7) is 3.71. The summed E-state index contributed by atoms with van der Waals surface area (Å²) >= 11 is 0. The van der Waals surface area contributed by atoms with Gasteiger partial charge in [-0.1, -0.05) is 19.3 Å². The highest BCUT2D eigenvalue weighted by Crippen LogP contribution is 2.37. The average molecular weight is 294 g/mol. The molecule has 0 aromatic heterocycles. The Labute approximate surface area is 128 Å². The van der Waals surface area contributed by atoms with Crippen molar-refractivity contribution in [1.82, 2.24) is 10.2 Å². The molecule has 4 heteroatoms. The molecule has 1 saturated heterocycles. The zero-order valence-electron chi connectivity index (χ0n) is 13.4. The van der Waals surface area contributed by atoms with Crippen LogP contribution in [0.2, 0.25) is 0 Å². The van der Waals surface area contributed by atoms with E-state index in [-0.39, 0.29) is 5.97 Å². The first kappa shape index (κ1) is 15.3. The molecule has 0 spiro atoms. The van der Waals surface area contributed by atoms with E-state index in [4.69, 9.17) is 4.74 Å². The molecule has 2 atom stereocenters. The molecule has 2 unspecified atom stereocenters. The molecule has 1 aliphatic heterocycles. The van der Waals surface area contributed by atoms with Crippen LogP contribution < -0.4 is 5.32 Å². The lowest BCUT2D eigenvalue weighted by atomic mass is 9.84. The second-order valence-corrected chi connectivity index (χ2v) is 7.45. The summed E-state index contributed by atoms with van der Waals surface area (Å²) < 4.78 is 4.84. The Morgan fingerprint density at radius 1 is 1.14 bits per heavy atom. The van der Waals surface area contributed by atoms with E-state index in [1.165, 1.54) is 58.6 Å². The quantitative estimate of drug-likeness (QED) is 0.730. The van der Waals surface area contributed by atoms with Gasteiger partial charge in [-0.25, -0.2) is 0 Å². The molecular weight excluding hydrogens is 264 g/mol. The zero-order valence-corrected chi connectivity index (χ0v) is 13.4. The minimum Gasteiger partial charge on any atom is -0.468 e. The van der Waals surface area contributed by atoms with E-state index in [0.29, 0.717) is 12.6 Å². The van der Waals surface area contributed by atoms with Crippen molar-refractivity contribution < 1.29 is 9.53 Å². The van der Waals surface area contributed by atoms with E-state index in [1.807, 2.05) is 0 Å². The van der Waals surface area contributed by atoms with Crippen molar-refractivity contribution in [3.8, 4) is 0 Å². The normalized spacial score (nSPS) is 30.9. The lowest BCUT2D eigenvalue weighted by Gasteiger charge is -2.39. The third kappa shape index (κ3) is 4.68. The SMILES string of the molecule is COC(=O)CN1CC(CC2CC2)CC(NCC2CCC2)C1. The topological polar surface area (TPSA) is 41.6 Å². The summed E-state index contributed by atoms with van der Waals surface area (Å²) in [6, 6.07) is 0.563. The molecule has 0 radical (unpaired) electrons. The van der Waals surface area contributed by atoms with Gasteiger partial charge in [0.05, 0.1) is 13.7 Å². The Hall–Kier alpha value is -0.610. The number of piperidine rings is 1. The molecule has 4 nitrogen and oxygen atoms in total. The molecule has 21 heavy (non-hydrogen) atoms. The Bertz CT molecular complexity index is 353. The smallest absolute Gasteiger partial charge is 0.319 e. The summed E-state index contributed by atoms with van der Waals surface area (Å²) in [5, 5.41) is 3.77. The monoisotopic (exact) mass is 294 g/mol. The summed E-state index contributed by atoms with van der Waals surface area (Å²) in [7, 11) is 1.49. The van der Waals surface area contributed by atoms with Gasteiger partial charge < -0.3 is 10.1 Å². The van der Waals surface area contributed by atoms with Crippen molar-refractivity contribution in [2.24, 2.45) is 17.8 Å². The second-order valence-electron chi connectivity index (χ2n) is 7.45. The number of ether oxygens (including phenoxy) is 1. The van der Waals surface area contributed by atoms with Crippen LogP contribution in [0, 0.1) is 17.8 Å². The van der Waals surface area contributed by atoms with E-state index >= 15 is 0 Å². The second kappa shape index (κ2) is 7.10. The number of esters is 1. The number of hydrogen-bond acceptors (Lipinski definition) is 4. The highest BCUT2D eigenvalue weighted by atomic mass is 16.5. The van der Waals surface area contributed by atoms with Gasteiger partial charge in [0.15, 0.2) is 0 Å². The number of hydrogen-bond donors (Lipinski definition) is 1. The number of methoxy groups -OCH3 is 1. The highest BCUT2D eigenvalue weighted by molar-refractivity contribution is 5.71. The summed E-state index contributed by atoms with van der Waals surface area (Å²) in [4.78, 5) is 13.9. The number of carbonyl (C=O) groups excluding carboxylic acids is 1. The van der Waals surface area contributed by atoms with Gasteiger partial charge in [-0.05, 0) is 50.0 Å². The van der Waals surface area contributed by atoms with Gasteiger partial charge in [0.25, 0.3) is 0 Å². The maximum absolute atomic E-state index is 11.6. The Morgan fingerprint density at radius 2 is 1.95 bits per heavy atom. The van der Waals surface area contributed by atoms with Crippen LogP contribution in [0.3, 0.4) is 0 Å². The molecule has 2 saturated carbocycles. The molecular formula is C17H30N2O2. The third-order valence-corrected chi connectivity index (χ3v) is 5.48. The minimum atomic E-state index is -0.0974. The van der Waals surface area contributed by atoms with Gasteiger partial charge in [0, 0.05) is 19.1 Å². The van der Waals surface area contributed by atoms with E-state index in [2.05, 4.69) is 10.2 Å². The molecule has 120 valence electrons. The zero-order chi connectivity index (χ0) is 14.7. The first-order valence-electron chi connectivity index (χ1n) is 8.75. The van der Waals surface area contributed by atoms with Crippen LogP contribution in [0.4, 0.5) is 0 Å². The number of rotatable bonds is 7. The fourth-order valence-electron chi connectivity index (χ4n) is 3.85. The van der Waals surface area contributed by atoms with Crippen molar-refractivity contribution in [1.29, 1.82) is 0 Å². The highest BCUT2D eigenvalue weighted by Gasteiger charge is 2.33. The lowest BCUT2D eigenvalue weighted by molar-refractivity contribution is -0.142. The Morgan fingerprint density at radius 3 is 2.57 bits per heavy atom. The number of likely N-dealkylation sites (tertiary alicyclic amines) is 1. The van der Waals surface area contributed by atoms with Crippen LogP contribution >= 0.6 is 0 Å². The van der Waals surface area contributed by atoms with Crippen LogP contribution in [0.1, 0.15) is 44.9 Å². The number of carbonyl (C=O) groups is 1. The lowest BCUT2D eigenvalue weighted by Crippen LogP contribution is -2.51. The number of nitrogens with zero attached hydrogens (tertiary/aromatic N) is 1. The van der Waals surface area contributed by atoms with Crippen LogP contribution in [0.25, 0.3) is 0 Å². The van der Waals surface area contributed by atoms with Gasteiger partial charge in [-0.15, -0.1) is 0 Å². The Kier molecular flexibility index (Phi) is 5.17. The van der Waals surface area contributed by atoms with Gasteiger partial charge in [0.1, 0.15) is 0 Å². The number of nitrogens with one attached hydrogen (secondary N) is 1.